The molecule has 3 N–H and O–H groups in total. The van der Waals surface area contributed by atoms with E-state index in [2.05, 4.69) is 22.9 Å². The highest BCUT2D eigenvalue weighted by Crippen LogP contribution is 2.17. The van der Waals surface area contributed by atoms with Crippen LogP contribution < -0.4 is 16.0 Å². The van der Waals surface area contributed by atoms with E-state index in [-0.39, 0.29) is 36.6 Å². The Bertz CT molecular complexity index is 494. The first-order valence-electron chi connectivity index (χ1n) is 7.06. The number of carbonyl (C=O) groups is 2. The Morgan fingerprint density at radius 1 is 1.43 bits per heavy atom. The molecular formula is C15H22ClN3O2. The summed E-state index contributed by atoms with van der Waals surface area (Å²) in [6, 6.07) is 7.78. The molecule has 0 saturated carbocycles. The van der Waals surface area contributed by atoms with Crippen molar-refractivity contribution in [1.29, 1.82) is 0 Å². The minimum Gasteiger partial charge on any atom is -0.356 e. The molecule has 1 atom stereocenters. The van der Waals surface area contributed by atoms with Crippen LogP contribution in [0.3, 0.4) is 0 Å². The SMILES string of the molecule is CCNCc1cccc(NC(=O)C2CCNC(=O)C2)c1.Cl. The summed E-state index contributed by atoms with van der Waals surface area (Å²) in [5.74, 6) is -0.334. The van der Waals surface area contributed by atoms with Gasteiger partial charge < -0.3 is 16.0 Å². The van der Waals surface area contributed by atoms with E-state index in [1.54, 1.807) is 0 Å². The molecular weight excluding hydrogens is 290 g/mol. The van der Waals surface area contributed by atoms with Crippen molar-refractivity contribution in [3.63, 3.8) is 0 Å². The molecule has 1 aromatic rings. The summed E-state index contributed by atoms with van der Waals surface area (Å²) in [6.07, 6.45) is 0.984. The molecule has 0 bridgehead atoms. The van der Waals surface area contributed by atoms with E-state index in [0.717, 1.165) is 24.3 Å². The van der Waals surface area contributed by atoms with E-state index >= 15 is 0 Å². The molecule has 2 amide bonds. The Balaban J connectivity index is 0.00000220. The Morgan fingerprint density at radius 3 is 2.95 bits per heavy atom. The smallest absolute Gasteiger partial charge is 0.228 e. The van der Waals surface area contributed by atoms with E-state index in [4.69, 9.17) is 0 Å². The average molecular weight is 312 g/mol. The molecule has 21 heavy (non-hydrogen) atoms. The predicted octanol–water partition coefficient (Wildman–Crippen LogP) is 1.68. The Labute approximate surface area is 131 Å². The van der Waals surface area contributed by atoms with Gasteiger partial charge in [-0.25, -0.2) is 0 Å². The van der Waals surface area contributed by atoms with Crippen LogP contribution in [0.5, 0.6) is 0 Å². The minimum atomic E-state index is -0.221. The minimum absolute atomic E-state index is 0. The normalized spacial score (nSPS) is 17.6. The van der Waals surface area contributed by atoms with Crippen LogP contribution in [-0.4, -0.2) is 24.9 Å². The van der Waals surface area contributed by atoms with Gasteiger partial charge in [0.1, 0.15) is 0 Å². The van der Waals surface area contributed by atoms with Gasteiger partial charge in [0.25, 0.3) is 0 Å². The van der Waals surface area contributed by atoms with Crippen molar-refractivity contribution in [2.75, 3.05) is 18.4 Å². The lowest BCUT2D eigenvalue weighted by Gasteiger charge is -2.21. The molecule has 1 unspecified atom stereocenters. The number of halogens is 1. The topological polar surface area (TPSA) is 70.2 Å². The zero-order valence-electron chi connectivity index (χ0n) is 12.1. The van der Waals surface area contributed by atoms with Crippen LogP contribution in [0.2, 0.25) is 0 Å². The largest absolute Gasteiger partial charge is 0.356 e. The lowest BCUT2D eigenvalue weighted by molar-refractivity contribution is -0.129. The van der Waals surface area contributed by atoms with Gasteiger partial charge in [0.15, 0.2) is 0 Å². The highest BCUT2D eigenvalue weighted by atomic mass is 35.5. The number of amides is 2. The lowest BCUT2D eigenvalue weighted by Crippen LogP contribution is -2.38. The number of hydrogen-bond acceptors (Lipinski definition) is 3. The molecule has 0 radical (unpaired) electrons. The third-order valence-electron chi connectivity index (χ3n) is 3.39. The Morgan fingerprint density at radius 2 is 2.24 bits per heavy atom. The van der Waals surface area contributed by atoms with Crippen molar-refractivity contribution in [1.82, 2.24) is 10.6 Å². The number of rotatable bonds is 5. The second kappa shape index (κ2) is 8.64. The monoisotopic (exact) mass is 311 g/mol. The van der Waals surface area contributed by atoms with Crippen molar-refractivity contribution >= 4 is 29.9 Å². The first-order chi connectivity index (χ1) is 9.69. The number of hydrogen-bond donors (Lipinski definition) is 3. The number of benzene rings is 1. The molecule has 1 aliphatic heterocycles. The maximum Gasteiger partial charge on any atom is 0.228 e. The number of anilines is 1. The Kier molecular flexibility index (Phi) is 7.19. The summed E-state index contributed by atoms with van der Waals surface area (Å²) in [5, 5.41) is 8.89. The Hall–Kier alpha value is -1.59. The van der Waals surface area contributed by atoms with E-state index in [9.17, 15) is 9.59 Å². The van der Waals surface area contributed by atoms with Crippen LogP contribution in [0.15, 0.2) is 24.3 Å². The van der Waals surface area contributed by atoms with Crippen molar-refractivity contribution in [2.24, 2.45) is 5.92 Å². The molecule has 0 aliphatic carbocycles. The van der Waals surface area contributed by atoms with E-state index in [1.165, 1.54) is 0 Å². The van der Waals surface area contributed by atoms with Gasteiger partial charge in [-0.3, -0.25) is 9.59 Å². The van der Waals surface area contributed by atoms with Crippen LogP contribution in [0.4, 0.5) is 5.69 Å². The van der Waals surface area contributed by atoms with Gasteiger partial charge in [0, 0.05) is 31.1 Å². The van der Waals surface area contributed by atoms with Crippen molar-refractivity contribution in [3.8, 4) is 0 Å². The number of carbonyl (C=O) groups excluding carboxylic acids is 2. The lowest BCUT2D eigenvalue weighted by atomic mass is 9.96. The fraction of sp³-hybridized carbons (Fsp3) is 0.467. The van der Waals surface area contributed by atoms with Gasteiger partial charge in [-0.2, -0.15) is 0 Å². The molecule has 1 aromatic carbocycles. The molecule has 2 rings (SSSR count). The summed E-state index contributed by atoms with van der Waals surface area (Å²) in [6.45, 7) is 4.33. The third kappa shape index (κ3) is 5.36. The average Bonchev–Trinajstić information content (AvgIpc) is 2.45. The molecule has 6 heteroatoms. The van der Waals surface area contributed by atoms with Gasteiger partial charge in [-0.15, -0.1) is 12.4 Å². The molecule has 1 fully saturated rings. The van der Waals surface area contributed by atoms with Crippen molar-refractivity contribution in [2.45, 2.75) is 26.3 Å². The second-order valence-corrected chi connectivity index (χ2v) is 5.01. The first kappa shape index (κ1) is 17.5. The van der Waals surface area contributed by atoms with Gasteiger partial charge in [-0.1, -0.05) is 19.1 Å². The number of piperidine rings is 1. The van der Waals surface area contributed by atoms with Crippen LogP contribution in [0.1, 0.15) is 25.3 Å². The molecule has 1 saturated heterocycles. The third-order valence-corrected chi connectivity index (χ3v) is 3.39. The first-order valence-corrected chi connectivity index (χ1v) is 7.06. The maximum atomic E-state index is 12.1. The predicted molar refractivity (Wildman–Crippen MR) is 85.4 cm³/mol. The van der Waals surface area contributed by atoms with Crippen LogP contribution in [-0.2, 0) is 16.1 Å². The van der Waals surface area contributed by atoms with Crippen molar-refractivity contribution < 1.29 is 9.59 Å². The number of nitrogens with one attached hydrogen (secondary N) is 3. The standard InChI is InChI=1S/C15H21N3O2.ClH/c1-2-16-10-11-4-3-5-13(8-11)18-15(20)12-6-7-17-14(19)9-12;/h3-5,8,12,16H,2,6-7,9-10H2,1H3,(H,17,19)(H,18,20);1H. The van der Waals surface area contributed by atoms with Crippen molar-refractivity contribution in [3.05, 3.63) is 29.8 Å². The molecule has 5 nitrogen and oxygen atoms in total. The molecule has 116 valence electrons. The quantitative estimate of drug-likeness (QED) is 0.775. The summed E-state index contributed by atoms with van der Waals surface area (Å²) >= 11 is 0. The van der Waals surface area contributed by atoms with Crippen LogP contribution >= 0.6 is 12.4 Å². The molecule has 0 aromatic heterocycles. The molecule has 0 spiro atoms. The van der Waals surface area contributed by atoms with E-state index < -0.39 is 0 Å². The fourth-order valence-electron chi connectivity index (χ4n) is 2.28. The summed E-state index contributed by atoms with van der Waals surface area (Å²) in [7, 11) is 0. The summed E-state index contributed by atoms with van der Waals surface area (Å²) in [5.41, 5.74) is 1.92. The van der Waals surface area contributed by atoms with Crippen LogP contribution in [0.25, 0.3) is 0 Å². The zero-order chi connectivity index (χ0) is 14.4. The second-order valence-electron chi connectivity index (χ2n) is 5.01. The fourth-order valence-corrected chi connectivity index (χ4v) is 2.28. The van der Waals surface area contributed by atoms with E-state index in [0.29, 0.717) is 13.0 Å². The van der Waals surface area contributed by atoms with Gasteiger partial charge in [-0.05, 0) is 30.7 Å². The molecule has 1 aliphatic rings. The van der Waals surface area contributed by atoms with Gasteiger partial charge in [0.2, 0.25) is 11.8 Å². The van der Waals surface area contributed by atoms with Gasteiger partial charge >= 0.3 is 0 Å². The van der Waals surface area contributed by atoms with Gasteiger partial charge in [0.05, 0.1) is 0 Å². The summed E-state index contributed by atoms with van der Waals surface area (Å²) < 4.78 is 0. The highest BCUT2D eigenvalue weighted by molar-refractivity contribution is 5.95. The molecule has 1 heterocycles. The van der Waals surface area contributed by atoms with Crippen LogP contribution in [0, 0.1) is 5.92 Å². The zero-order valence-corrected chi connectivity index (χ0v) is 13.0. The highest BCUT2D eigenvalue weighted by Gasteiger charge is 2.25. The maximum absolute atomic E-state index is 12.1. The summed E-state index contributed by atoms with van der Waals surface area (Å²) in [4.78, 5) is 23.4. The van der Waals surface area contributed by atoms with E-state index in [1.807, 2.05) is 24.3 Å².